The van der Waals surface area contributed by atoms with Gasteiger partial charge in [-0.25, -0.2) is 4.79 Å². The molecule has 1 N–H and O–H groups in total. The molecule has 0 saturated carbocycles. The van der Waals surface area contributed by atoms with Gasteiger partial charge in [-0.15, -0.1) is 0 Å². The molecule has 122 valence electrons. The molecule has 1 rings (SSSR count). The fourth-order valence-corrected chi connectivity index (χ4v) is 1.78. The van der Waals surface area contributed by atoms with Crippen molar-refractivity contribution in [1.29, 1.82) is 0 Å². The number of methoxy groups -OCH3 is 1. The van der Waals surface area contributed by atoms with Crippen LogP contribution in [0.5, 0.6) is 5.75 Å². The maximum atomic E-state index is 13.1. The zero-order valence-electron chi connectivity index (χ0n) is 12.2. The number of esters is 1. The number of hydrogen-bond acceptors (Lipinski definition) is 4. The number of carbonyl (C=O) groups excluding carboxylic acids is 1. The lowest BCUT2D eigenvalue weighted by molar-refractivity contribution is -0.260. The molecule has 0 saturated heterocycles. The van der Waals surface area contributed by atoms with Crippen molar-refractivity contribution in [2.24, 2.45) is 0 Å². The number of alkyl halides is 3. The Balaban J connectivity index is 3.03. The highest BCUT2D eigenvalue weighted by Gasteiger charge is 2.60. The average Bonchev–Trinajstić information content (AvgIpc) is 2.46. The molecule has 0 aromatic heterocycles. The molecule has 0 spiro atoms. The molecule has 4 nitrogen and oxygen atoms in total. The molecular formula is C15H17F3O4. The molecule has 0 heterocycles. The van der Waals surface area contributed by atoms with E-state index in [1.165, 1.54) is 38.3 Å². The number of carbonyl (C=O) groups is 1. The van der Waals surface area contributed by atoms with E-state index in [-0.39, 0.29) is 12.2 Å². The summed E-state index contributed by atoms with van der Waals surface area (Å²) >= 11 is 0. The van der Waals surface area contributed by atoms with E-state index in [0.717, 1.165) is 0 Å². The molecule has 7 heteroatoms. The van der Waals surface area contributed by atoms with Gasteiger partial charge in [-0.3, -0.25) is 0 Å². The maximum Gasteiger partial charge on any atom is 0.428 e. The molecule has 0 unspecified atom stereocenters. The minimum Gasteiger partial charge on any atom is -0.497 e. The van der Waals surface area contributed by atoms with Gasteiger partial charge in [0.05, 0.1) is 13.7 Å². The first-order chi connectivity index (χ1) is 10.2. The average molecular weight is 318 g/mol. The smallest absolute Gasteiger partial charge is 0.428 e. The predicted octanol–water partition coefficient (Wildman–Crippen LogP) is 2.96. The van der Waals surface area contributed by atoms with Gasteiger partial charge in [-0.1, -0.05) is 18.7 Å². The molecule has 0 aliphatic rings. The Morgan fingerprint density at radius 1 is 1.27 bits per heavy atom. The first-order valence-corrected chi connectivity index (χ1v) is 6.44. The van der Waals surface area contributed by atoms with Crippen molar-refractivity contribution in [3.8, 4) is 5.75 Å². The lowest BCUT2D eigenvalue weighted by Crippen LogP contribution is -2.53. The standard InChI is InChI=1S/C15H17F3O4/c1-4-22-13(19)14(20,15(16,17)18)9-10(2)11-5-7-12(21-3)8-6-11/h5-8,20H,2,4,9H2,1,3H3/t14-/m0/s1. The zero-order valence-corrected chi connectivity index (χ0v) is 12.2. The van der Waals surface area contributed by atoms with Crippen LogP contribution in [-0.4, -0.2) is 36.6 Å². The summed E-state index contributed by atoms with van der Waals surface area (Å²) < 4.78 is 48.5. The molecule has 22 heavy (non-hydrogen) atoms. The van der Waals surface area contributed by atoms with Crippen LogP contribution in [0.15, 0.2) is 30.8 Å². The van der Waals surface area contributed by atoms with Crippen LogP contribution in [0.3, 0.4) is 0 Å². The summed E-state index contributed by atoms with van der Waals surface area (Å²) in [7, 11) is 1.45. The van der Waals surface area contributed by atoms with Gasteiger partial charge in [0.1, 0.15) is 5.75 Å². The van der Waals surface area contributed by atoms with Crippen molar-refractivity contribution in [3.63, 3.8) is 0 Å². The second kappa shape index (κ2) is 6.83. The van der Waals surface area contributed by atoms with Crippen LogP contribution in [0.25, 0.3) is 5.57 Å². The first-order valence-electron chi connectivity index (χ1n) is 6.44. The minimum atomic E-state index is -5.17. The fraction of sp³-hybridized carbons (Fsp3) is 0.400. The highest BCUT2D eigenvalue weighted by molar-refractivity contribution is 5.83. The van der Waals surface area contributed by atoms with E-state index in [4.69, 9.17) is 4.74 Å². The van der Waals surface area contributed by atoms with Crippen LogP contribution in [0.1, 0.15) is 18.9 Å². The van der Waals surface area contributed by atoms with Gasteiger partial charge in [-0.2, -0.15) is 13.2 Å². The number of hydrogen-bond donors (Lipinski definition) is 1. The van der Waals surface area contributed by atoms with Gasteiger partial charge in [-0.05, 0) is 30.2 Å². The van der Waals surface area contributed by atoms with E-state index in [2.05, 4.69) is 11.3 Å². The molecule has 0 fully saturated rings. The summed E-state index contributed by atoms with van der Waals surface area (Å²) in [5.41, 5.74) is -3.32. The Kier molecular flexibility index (Phi) is 5.59. The highest BCUT2D eigenvalue weighted by Crippen LogP contribution is 2.38. The van der Waals surface area contributed by atoms with Crippen LogP contribution < -0.4 is 4.74 Å². The van der Waals surface area contributed by atoms with E-state index in [1.54, 1.807) is 0 Å². The van der Waals surface area contributed by atoms with Crippen molar-refractivity contribution in [1.82, 2.24) is 0 Å². The third kappa shape index (κ3) is 3.79. The Morgan fingerprint density at radius 3 is 2.23 bits per heavy atom. The third-order valence-corrected chi connectivity index (χ3v) is 3.05. The van der Waals surface area contributed by atoms with E-state index < -0.39 is 24.2 Å². The number of benzene rings is 1. The highest BCUT2D eigenvalue weighted by atomic mass is 19.4. The molecule has 0 aliphatic carbocycles. The molecule has 0 radical (unpaired) electrons. The van der Waals surface area contributed by atoms with Gasteiger partial charge in [0.25, 0.3) is 5.60 Å². The fourth-order valence-electron chi connectivity index (χ4n) is 1.78. The number of ether oxygens (including phenoxy) is 2. The topological polar surface area (TPSA) is 55.8 Å². The second-order valence-electron chi connectivity index (χ2n) is 4.59. The first kappa shape index (κ1) is 18.0. The normalized spacial score (nSPS) is 14.1. The van der Waals surface area contributed by atoms with Crippen molar-refractivity contribution in [3.05, 3.63) is 36.4 Å². The predicted molar refractivity (Wildman–Crippen MR) is 74.3 cm³/mol. The molecule has 1 aromatic carbocycles. The molecule has 1 atom stereocenters. The summed E-state index contributed by atoms with van der Waals surface area (Å²) in [6.45, 7) is 4.60. The molecular weight excluding hydrogens is 301 g/mol. The van der Waals surface area contributed by atoms with Crippen LogP contribution in [0.4, 0.5) is 13.2 Å². The quantitative estimate of drug-likeness (QED) is 0.819. The number of rotatable bonds is 6. The lowest BCUT2D eigenvalue weighted by Gasteiger charge is -2.28. The zero-order chi connectivity index (χ0) is 17.0. The van der Waals surface area contributed by atoms with Crippen LogP contribution in [-0.2, 0) is 9.53 Å². The van der Waals surface area contributed by atoms with Crippen molar-refractivity contribution in [2.45, 2.75) is 25.1 Å². The van der Waals surface area contributed by atoms with E-state index in [1.807, 2.05) is 0 Å². The van der Waals surface area contributed by atoms with Gasteiger partial charge < -0.3 is 14.6 Å². The SMILES string of the molecule is C=C(C[C@](O)(C(=O)OCC)C(F)(F)F)c1ccc(OC)cc1. The van der Waals surface area contributed by atoms with Crippen molar-refractivity contribution in [2.75, 3.05) is 13.7 Å². The van der Waals surface area contributed by atoms with Gasteiger partial charge in [0.2, 0.25) is 0 Å². The largest absolute Gasteiger partial charge is 0.497 e. The maximum absolute atomic E-state index is 13.1. The van der Waals surface area contributed by atoms with E-state index in [9.17, 15) is 23.1 Å². The Bertz CT molecular complexity index is 537. The van der Waals surface area contributed by atoms with Crippen LogP contribution in [0, 0.1) is 0 Å². The molecule has 1 aromatic rings. The van der Waals surface area contributed by atoms with E-state index >= 15 is 0 Å². The summed E-state index contributed by atoms with van der Waals surface area (Å²) in [6.07, 6.45) is -6.18. The summed E-state index contributed by atoms with van der Waals surface area (Å²) in [4.78, 5) is 11.5. The van der Waals surface area contributed by atoms with Crippen LogP contribution in [0.2, 0.25) is 0 Å². The Morgan fingerprint density at radius 2 is 1.82 bits per heavy atom. The van der Waals surface area contributed by atoms with E-state index in [0.29, 0.717) is 11.3 Å². The summed E-state index contributed by atoms with van der Waals surface area (Å²) in [5, 5.41) is 9.79. The molecule has 0 aliphatic heterocycles. The number of aliphatic hydroxyl groups is 1. The van der Waals surface area contributed by atoms with Crippen molar-refractivity contribution < 1.29 is 32.5 Å². The number of halogens is 3. The Labute approximate surface area is 126 Å². The second-order valence-corrected chi connectivity index (χ2v) is 4.59. The van der Waals surface area contributed by atoms with Crippen molar-refractivity contribution >= 4 is 11.5 Å². The third-order valence-electron chi connectivity index (χ3n) is 3.05. The lowest BCUT2D eigenvalue weighted by atomic mass is 9.91. The van der Waals surface area contributed by atoms with Gasteiger partial charge in [0, 0.05) is 6.42 Å². The molecule has 0 bridgehead atoms. The summed E-state index contributed by atoms with van der Waals surface area (Å²) in [5.74, 6) is -1.22. The van der Waals surface area contributed by atoms with Gasteiger partial charge >= 0.3 is 12.1 Å². The Hall–Kier alpha value is -2.02. The minimum absolute atomic E-state index is 0.0458. The summed E-state index contributed by atoms with van der Waals surface area (Å²) in [6, 6.07) is 6.06. The monoisotopic (exact) mass is 318 g/mol. The van der Waals surface area contributed by atoms with Gasteiger partial charge in [0.15, 0.2) is 0 Å². The molecule has 0 amide bonds. The van der Waals surface area contributed by atoms with Crippen LogP contribution >= 0.6 is 0 Å².